The summed E-state index contributed by atoms with van der Waals surface area (Å²) in [4.78, 5) is 47.9. The van der Waals surface area contributed by atoms with E-state index >= 15 is 0 Å². The number of hydroxylamine groups is 2. The summed E-state index contributed by atoms with van der Waals surface area (Å²) in [5.41, 5.74) is 0. The summed E-state index contributed by atoms with van der Waals surface area (Å²) >= 11 is 0. The quantitative estimate of drug-likeness (QED) is 0.0609. The standard InChI is InChI=1S/C9H11NO6.6C3H8O3/c11-6-4-5-7(12)10(6)16-9(15)3-1-2-8(13)14;6*4-1-3(6)2-5/h1-5H2,(H,13,14);6*3-6H,1-2H2. The van der Waals surface area contributed by atoms with Gasteiger partial charge in [0.05, 0.1) is 79.3 Å². The van der Waals surface area contributed by atoms with E-state index in [0.717, 1.165) is 0 Å². The van der Waals surface area contributed by atoms with Crippen LogP contribution in [0.15, 0.2) is 0 Å². The van der Waals surface area contributed by atoms with Crippen molar-refractivity contribution in [1.82, 2.24) is 5.06 Å². The molecule has 1 rings (SSSR count). The normalized spacial score (nSPS) is 11.7. The lowest BCUT2D eigenvalue weighted by atomic mass is 10.2. The van der Waals surface area contributed by atoms with Crippen molar-refractivity contribution in [3.8, 4) is 0 Å². The van der Waals surface area contributed by atoms with Crippen molar-refractivity contribution in [2.75, 3.05) is 79.3 Å². The van der Waals surface area contributed by atoms with E-state index in [1.54, 1.807) is 0 Å². The van der Waals surface area contributed by atoms with Gasteiger partial charge in [-0.3, -0.25) is 14.4 Å². The number of aliphatic carboxylic acids is 1. The Morgan fingerprint density at radius 2 is 0.673 bits per heavy atom. The van der Waals surface area contributed by atoms with Crippen LogP contribution in [0, 0.1) is 0 Å². The molecule has 0 aromatic carbocycles. The molecule has 1 fully saturated rings. The van der Waals surface area contributed by atoms with Gasteiger partial charge in [0, 0.05) is 25.7 Å². The van der Waals surface area contributed by atoms with Gasteiger partial charge in [0.1, 0.15) is 36.6 Å². The van der Waals surface area contributed by atoms with Crippen LogP contribution in [-0.2, 0) is 24.0 Å². The second-order valence-electron chi connectivity index (χ2n) is 9.41. The highest BCUT2D eigenvalue weighted by molar-refractivity contribution is 6.01. The summed E-state index contributed by atoms with van der Waals surface area (Å²) in [5, 5.41) is 153. The minimum atomic E-state index is -1.01. The van der Waals surface area contributed by atoms with Crippen LogP contribution >= 0.6 is 0 Å². The number of carbonyl (C=O) groups is 4. The van der Waals surface area contributed by atoms with Gasteiger partial charge in [-0.05, 0) is 6.42 Å². The fourth-order valence-corrected chi connectivity index (χ4v) is 1.54. The Morgan fingerprint density at radius 3 is 0.827 bits per heavy atom. The van der Waals surface area contributed by atoms with Crippen LogP contribution in [0.25, 0.3) is 0 Å². The number of carboxylic acid groups (broad SMARTS) is 1. The first kappa shape index (κ1) is 61.4. The number of aliphatic hydroxyl groups excluding tert-OH is 18. The van der Waals surface area contributed by atoms with E-state index in [0.29, 0.717) is 5.06 Å². The maximum Gasteiger partial charge on any atom is 0.333 e. The van der Waals surface area contributed by atoms with Crippen molar-refractivity contribution >= 4 is 23.8 Å². The minimum Gasteiger partial charge on any atom is -0.481 e. The fourth-order valence-electron chi connectivity index (χ4n) is 1.54. The molecule has 0 aromatic heterocycles. The van der Waals surface area contributed by atoms with Crippen LogP contribution in [0.3, 0.4) is 0 Å². The van der Waals surface area contributed by atoms with Crippen LogP contribution in [0.1, 0.15) is 32.1 Å². The monoisotopic (exact) mass is 781 g/mol. The molecular formula is C27H59NO24. The van der Waals surface area contributed by atoms with Gasteiger partial charge >= 0.3 is 11.9 Å². The summed E-state index contributed by atoms with van der Waals surface area (Å²) in [6.45, 7) is -4.37. The molecule has 2 amide bonds. The number of carboxylic acids is 1. The van der Waals surface area contributed by atoms with Gasteiger partial charge in [-0.2, -0.15) is 0 Å². The molecule has 0 saturated carbocycles. The predicted octanol–water partition coefficient (Wildman–Crippen LogP) is -10.2. The van der Waals surface area contributed by atoms with E-state index < -0.39 is 60.4 Å². The zero-order valence-corrected chi connectivity index (χ0v) is 28.5. The second-order valence-corrected chi connectivity index (χ2v) is 9.41. The highest BCUT2D eigenvalue weighted by Gasteiger charge is 2.32. The molecule has 0 unspecified atom stereocenters. The molecule has 0 bridgehead atoms. The van der Waals surface area contributed by atoms with Gasteiger partial charge in [-0.15, -0.1) is 5.06 Å². The van der Waals surface area contributed by atoms with E-state index in [1.807, 2.05) is 0 Å². The van der Waals surface area contributed by atoms with Crippen LogP contribution < -0.4 is 0 Å². The number of nitrogens with zero attached hydrogens (tertiary/aromatic N) is 1. The van der Waals surface area contributed by atoms with Crippen LogP contribution in [0.4, 0.5) is 0 Å². The molecule has 1 aliphatic rings. The molecule has 0 aliphatic carbocycles. The van der Waals surface area contributed by atoms with E-state index in [2.05, 4.69) is 4.84 Å². The van der Waals surface area contributed by atoms with Crippen molar-refractivity contribution in [1.29, 1.82) is 0 Å². The average Bonchev–Trinajstić information content (AvgIpc) is 3.48. The molecule has 1 saturated heterocycles. The Balaban J connectivity index is -0.000000126. The van der Waals surface area contributed by atoms with Crippen molar-refractivity contribution in [3.05, 3.63) is 0 Å². The van der Waals surface area contributed by atoms with Gasteiger partial charge in [0.15, 0.2) is 0 Å². The zero-order valence-electron chi connectivity index (χ0n) is 28.5. The predicted molar refractivity (Wildman–Crippen MR) is 170 cm³/mol. The third-order valence-corrected chi connectivity index (χ3v) is 4.50. The SMILES string of the molecule is O=C(O)CCCC(=O)ON1C(=O)CCC1=O.OCC(O)CO.OCC(O)CO.OCC(O)CO.OCC(O)CO.OCC(O)CO.OCC(O)CO. The van der Waals surface area contributed by atoms with Gasteiger partial charge < -0.3 is 102 Å². The van der Waals surface area contributed by atoms with E-state index in [-0.39, 0.29) is 111 Å². The molecule has 0 aromatic rings. The van der Waals surface area contributed by atoms with Gasteiger partial charge in [0.25, 0.3) is 11.8 Å². The summed E-state index contributed by atoms with van der Waals surface area (Å²) in [6, 6.07) is 0. The van der Waals surface area contributed by atoms with Crippen LogP contribution in [-0.4, -0.2) is 242 Å². The zero-order chi connectivity index (χ0) is 42.1. The van der Waals surface area contributed by atoms with E-state index in [9.17, 15) is 19.2 Å². The third kappa shape index (κ3) is 51.7. The van der Waals surface area contributed by atoms with Crippen molar-refractivity contribution in [2.24, 2.45) is 0 Å². The first-order valence-electron chi connectivity index (χ1n) is 15.0. The molecule has 1 heterocycles. The van der Waals surface area contributed by atoms with Crippen LogP contribution in [0.2, 0.25) is 0 Å². The van der Waals surface area contributed by atoms with Gasteiger partial charge in [0.2, 0.25) is 0 Å². The Hall–Kier alpha value is -2.64. The molecule has 52 heavy (non-hydrogen) atoms. The summed E-state index contributed by atoms with van der Waals surface area (Å²) in [5.74, 6) is -2.88. The Bertz CT molecular complexity index is 678. The number of carbonyl (C=O) groups excluding carboxylic acids is 3. The largest absolute Gasteiger partial charge is 0.481 e. The maximum atomic E-state index is 11.1. The number of rotatable bonds is 17. The topological polar surface area (TPSA) is 465 Å². The average molecular weight is 782 g/mol. The summed E-state index contributed by atoms with van der Waals surface area (Å²) in [7, 11) is 0. The van der Waals surface area contributed by atoms with Crippen molar-refractivity contribution in [3.63, 3.8) is 0 Å². The Morgan fingerprint density at radius 1 is 0.462 bits per heavy atom. The molecule has 25 nitrogen and oxygen atoms in total. The third-order valence-electron chi connectivity index (χ3n) is 4.50. The van der Waals surface area contributed by atoms with Crippen molar-refractivity contribution < 1.29 is 121 Å². The first-order chi connectivity index (χ1) is 24.4. The number of amides is 2. The molecule has 25 heteroatoms. The molecule has 0 atom stereocenters. The Kier molecular flexibility index (Phi) is 54.8. The number of hydrogen-bond donors (Lipinski definition) is 19. The highest BCUT2D eigenvalue weighted by atomic mass is 16.7. The minimum absolute atomic E-state index is 0.0429. The maximum absolute atomic E-state index is 11.1. The molecule has 0 spiro atoms. The van der Waals surface area contributed by atoms with E-state index in [1.165, 1.54) is 0 Å². The molecular weight excluding hydrogens is 722 g/mol. The smallest absolute Gasteiger partial charge is 0.333 e. The molecule has 1 aliphatic heterocycles. The van der Waals surface area contributed by atoms with Gasteiger partial charge in [-0.1, -0.05) is 0 Å². The number of hydrogen-bond acceptors (Lipinski definition) is 23. The molecule has 0 radical (unpaired) electrons. The first-order valence-corrected chi connectivity index (χ1v) is 15.0. The Labute approximate surface area is 298 Å². The van der Waals surface area contributed by atoms with Crippen LogP contribution in [0.5, 0.6) is 0 Å². The van der Waals surface area contributed by atoms with E-state index in [4.69, 9.17) is 97.0 Å². The lowest BCUT2D eigenvalue weighted by molar-refractivity contribution is -0.197. The number of imide groups is 1. The lowest BCUT2D eigenvalue weighted by Crippen LogP contribution is -2.32. The lowest BCUT2D eigenvalue weighted by Gasteiger charge is -2.11. The summed E-state index contributed by atoms with van der Waals surface area (Å²) in [6.07, 6.45) is -5.81. The number of aliphatic hydroxyl groups is 18. The molecule has 316 valence electrons. The summed E-state index contributed by atoms with van der Waals surface area (Å²) < 4.78 is 0. The van der Waals surface area contributed by atoms with Gasteiger partial charge in [-0.25, -0.2) is 4.79 Å². The molecule has 19 N–H and O–H groups in total. The second kappa shape index (κ2) is 46.4. The highest BCUT2D eigenvalue weighted by Crippen LogP contribution is 2.13. The fraction of sp³-hybridized carbons (Fsp3) is 0.852. The van der Waals surface area contributed by atoms with Crippen molar-refractivity contribution in [2.45, 2.75) is 68.7 Å².